The highest BCUT2D eigenvalue weighted by atomic mass is 19.1. The number of nitriles is 1. The summed E-state index contributed by atoms with van der Waals surface area (Å²) in [6.07, 6.45) is 1.32. The second kappa shape index (κ2) is 11.1. The van der Waals surface area contributed by atoms with Crippen molar-refractivity contribution in [1.82, 2.24) is 4.98 Å². The Morgan fingerprint density at radius 1 is 1.03 bits per heavy atom. The van der Waals surface area contributed by atoms with Gasteiger partial charge in [-0.25, -0.2) is 14.0 Å². The summed E-state index contributed by atoms with van der Waals surface area (Å²) >= 11 is 0. The molecular weight excluding hydrogens is 467 g/mol. The molecule has 0 unspecified atom stereocenters. The number of ketones is 1. The van der Waals surface area contributed by atoms with Gasteiger partial charge in [0.25, 0.3) is 0 Å². The predicted octanol–water partition coefficient (Wildman–Crippen LogP) is 4.97. The summed E-state index contributed by atoms with van der Waals surface area (Å²) in [7, 11) is 1.34. The minimum atomic E-state index is -0.910. The van der Waals surface area contributed by atoms with E-state index in [1.165, 1.54) is 49.6 Å². The highest BCUT2D eigenvalue weighted by Gasteiger charge is 2.27. The molecule has 2 aromatic carbocycles. The van der Waals surface area contributed by atoms with Gasteiger partial charge in [-0.15, -0.1) is 0 Å². The fourth-order valence-electron chi connectivity index (χ4n) is 3.61. The molecule has 9 heteroatoms. The SMILES string of the molecule is CCOC(=O)c1c(C)[nH]c(C)c1C(=O)/C(C#N)=C/c1ccc(OC(=O)c2ccccc2F)c(OC)c1. The number of ether oxygens (including phenoxy) is 3. The van der Waals surface area contributed by atoms with E-state index in [2.05, 4.69) is 4.98 Å². The molecule has 0 spiro atoms. The van der Waals surface area contributed by atoms with Crippen LogP contribution >= 0.6 is 0 Å². The van der Waals surface area contributed by atoms with E-state index in [9.17, 15) is 24.0 Å². The Balaban J connectivity index is 1.94. The lowest BCUT2D eigenvalue weighted by Crippen LogP contribution is -2.13. The molecule has 3 rings (SSSR count). The third-order valence-corrected chi connectivity index (χ3v) is 5.24. The van der Waals surface area contributed by atoms with Gasteiger partial charge in [-0.3, -0.25) is 4.79 Å². The fraction of sp³-hybridized carbons (Fsp3) is 0.185. The van der Waals surface area contributed by atoms with Crippen LogP contribution in [-0.4, -0.2) is 36.4 Å². The lowest BCUT2D eigenvalue weighted by molar-refractivity contribution is 0.0522. The lowest BCUT2D eigenvalue weighted by Gasteiger charge is -2.10. The van der Waals surface area contributed by atoms with Gasteiger partial charge in [0.05, 0.1) is 30.4 Å². The Labute approximate surface area is 206 Å². The Hall–Kier alpha value is -4.71. The van der Waals surface area contributed by atoms with Crippen molar-refractivity contribution in [2.75, 3.05) is 13.7 Å². The third-order valence-electron chi connectivity index (χ3n) is 5.24. The number of esters is 2. The summed E-state index contributed by atoms with van der Waals surface area (Å²) in [6, 6.07) is 11.6. The molecule has 184 valence electrons. The Morgan fingerprint density at radius 3 is 2.36 bits per heavy atom. The minimum Gasteiger partial charge on any atom is -0.493 e. The molecule has 0 saturated heterocycles. The van der Waals surface area contributed by atoms with Crippen molar-refractivity contribution >= 4 is 23.8 Å². The maximum Gasteiger partial charge on any atom is 0.346 e. The van der Waals surface area contributed by atoms with Gasteiger partial charge in [-0.1, -0.05) is 18.2 Å². The number of aromatic amines is 1. The second-order valence-corrected chi connectivity index (χ2v) is 7.62. The van der Waals surface area contributed by atoms with Crippen molar-refractivity contribution in [2.24, 2.45) is 0 Å². The average Bonchev–Trinajstić information content (AvgIpc) is 3.16. The van der Waals surface area contributed by atoms with E-state index in [4.69, 9.17) is 14.2 Å². The van der Waals surface area contributed by atoms with Crippen molar-refractivity contribution < 1.29 is 33.0 Å². The first kappa shape index (κ1) is 25.9. The Kier molecular flexibility index (Phi) is 8.02. The molecule has 0 radical (unpaired) electrons. The van der Waals surface area contributed by atoms with Crippen LogP contribution in [-0.2, 0) is 4.74 Å². The molecule has 36 heavy (non-hydrogen) atoms. The highest BCUT2D eigenvalue weighted by molar-refractivity contribution is 6.19. The van der Waals surface area contributed by atoms with E-state index in [1.54, 1.807) is 20.8 Å². The smallest absolute Gasteiger partial charge is 0.346 e. The van der Waals surface area contributed by atoms with Crippen LogP contribution in [0.3, 0.4) is 0 Å². The summed E-state index contributed by atoms with van der Waals surface area (Å²) in [5.74, 6) is -2.81. The first-order valence-electron chi connectivity index (χ1n) is 10.9. The number of allylic oxidation sites excluding steroid dienone is 1. The second-order valence-electron chi connectivity index (χ2n) is 7.62. The van der Waals surface area contributed by atoms with Crippen LogP contribution in [0.1, 0.15) is 54.9 Å². The summed E-state index contributed by atoms with van der Waals surface area (Å²) in [6.45, 7) is 5.04. The molecule has 1 N–H and O–H groups in total. The first-order chi connectivity index (χ1) is 17.2. The van der Waals surface area contributed by atoms with E-state index >= 15 is 0 Å². The van der Waals surface area contributed by atoms with Crippen LogP contribution in [0.2, 0.25) is 0 Å². The van der Waals surface area contributed by atoms with Gasteiger partial charge in [0, 0.05) is 11.4 Å². The summed E-state index contributed by atoms with van der Waals surface area (Å²) in [5.41, 5.74) is 0.930. The predicted molar refractivity (Wildman–Crippen MR) is 128 cm³/mol. The molecular formula is C27H23FN2O6. The summed E-state index contributed by atoms with van der Waals surface area (Å²) < 4.78 is 29.5. The van der Waals surface area contributed by atoms with E-state index in [0.29, 0.717) is 17.0 Å². The lowest BCUT2D eigenvalue weighted by atomic mass is 9.98. The van der Waals surface area contributed by atoms with Gasteiger partial charge >= 0.3 is 11.9 Å². The number of aryl methyl sites for hydroxylation is 2. The number of carbonyl (C=O) groups excluding carboxylic acids is 3. The fourth-order valence-corrected chi connectivity index (χ4v) is 3.61. The summed E-state index contributed by atoms with van der Waals surface area (Å²) in [4.78, 5) is 41.0. The van der Waals surface area contributed by atoms with Gasteiger partial charge in [-0.05, 0) is 56.7 Å². The number of benzene rings is 2. The van der Waals surface area contributed by atoms with Crippen LogP contribution in [0.15, 0.2) is 48.0 Å². The van der Waals surface area contributed by atoms with Gasteiger partial charge in [0.2, 0.25) is 5.78 Å². The average molecular weight is 490 g/mol. The quantitative estimate of drug-likeness (QED) is 0.156. The van der Waals surface area contributed by atoms with E-state index in [0.717, 1.165) is 6.07 Å². The number of nitrogens with one attached hydrogen (secondary N) is 1. The first-order valence-corrected chi connectivity index (χ1v) is 10.9. The van der Waals surface area contributed by atoms with E-state index in [1.807, 2.05) is 6.07 Å². The zero-order valence-corrected chi connectivity index (χ0v) is 20.1. The monoisotopic (exact) mass is 490 g/mol. The third kappa shape index (κ3) is 5.33. The molecule has 0 bridgehead atoms. The summed E-state index contributed by atoms with van der Waals surface area (Å²) in [5, 5.41) is 9.70. The number of hydrogen-bond acceptors (Lipinski definition) is 7. The molecule has 1 aromatic heterocycles. The Bertz CT molecular complexity index is 1410. The minimum absolute atomic E-state index is 0.0226. The molecule has 0 aliphatic carbocycles. The molecule has 0 amide bonds. The van der Waals surface area contributed by atoms with Crippen LogP contribution in [0.4, 0.5) is 4.39 Å². The number of carbonyl (C=O) groups is 3. The number of rotatable bonds is 8. The highest BCUT2D eigenvalue weighted by Crippen LogP contribution is 2.31. The van der Waals surface area contributed by atoms with Crippen LogP contribution in [0.25, 0.3) is 6.08 Å². The van der Waals surface area contributed by atoms with Crippen molar-refractivity contribution in [3.05, 3.63) is 87.5 Å². The van der Waals surface area contributed by atoms with Gasteiger partial charge in [0.1, 0.15) is 17.5 Å². The number of halogens is 1. The molecule has 3 aromatic rings. The van der Waals surface area contributed by atoms with Gasteiger partial charge in [0.15, 0.2) is 11.5 Å². The molecule has 0 saturated carbocycles. The van der Waals surface area contributed by atoms with E-state index in [-0.39, 0.29) is 40.4 Å². The maximum atomic E-state index is 13.9. The zero-order valence-electron chi connectivity index (χ0n) is 20.1. The van der Waals surface area contributed by atoms with Gasteiger partial charge in [-0.2, -0.15) is 5.26 Å². The number of methoxy groups -OCH3 is 1. The largest absolute Gasteiger partial charge is 0.493 e. The van der Waals surface area contributed by atoms with Crippen molar-refractivity contribution in [3.8, 4) is 17.6 Å². The maximum absolute atomic E-state index is 13.9. The van der Waals surface area contributed by atoms with Crippen molar-refractivity contribution in [3.63, 3.8) is 0 Å². The zero-order chi connectivity index (χ0) is 26.4. The molecule has 1 heterocycles. The number of hydrogen-bond donors (Lipinski definition) is 1. The van der Waals surface area contributed by atoms with Crippen molar-refractivity contribution in [2.45, 2.75) is 20.8 Å². The van der Waals surface area contributed by atoms with Crippen LogP contribution in [0.5, 0.6) is 11.5 Å². The molecule has 0 atom stereocenters. The van der Waals surface area contributed by atoms with Gasteiger partial charge < -0.3 is 19.2 Å². The molecule has 0 aliphatic heterocycles. The molecule has 0 aliphatic rings. The number of H-pyrrole nitrogens is 1. The van der Waals surface area contributed by atoms with Crippen LogP contribution in [0, 0.1) is 31.0 Å². The van der Waals surface area contributed by atoms with E-state index < -0.39 is 23.5 Å². The van der Waals surface area contributed by atoms with Crippen molar-refractivity contribution in [1.29, 1.82) is 5.26 Å². The standard InChI is InChI=1S/C27H23FN2O6/c1-5-35-27(33)24-16(3)30-15(2)23(24)25(31)18(14-29)12-17-10-11-21(22(13-17)34-4)36-26(32)19-8-6-7-9-20(19)28/h6-13,30H,5H2,1-4H3/b18-12+. The molecule has 8 nitrogen and oxygen atoms in total. The molecule has 0 fully saturated rings. The normalized spacial score (nSPS) is 10.9. The number of aromatic nitrogens is 1. The van der Waals surface area contributed by atoms with Crippen LogP contribution < -0.4 is 9.47 Å². The topological polar surface area (TPSA) is 118 Å². The Morgan fingerprint density at radius 2 is 1.72 bits per heavy atom. The number of Topliss-reactive ketones (excluding diaryl/α,β-unsaturated/α-hetero) is 1. The number of nitrogens with zero attached hydrogens (tertiary/aromatic N) is 1.